The van der Waals surface area contributed by atoms with E-state index in [-0.39, 0.29) is 12.0 Å². The maximum absolute atomic E-state index is 12.7. The van der Waals surface area contributed by atoms with Crippen LogP contribution in [0.15, 0.2) is 12.1 Å². The highest BCUT2D eigenvalue weighted by molar-refractivity contribution is 5.84. The standard InChI is InChI=1S/C15H22N4O2/c1-11-4-5-13(17-16-11)19-8-6-12-15(10-19,7-9-21-12)14(20)18(2)3/h4-5,12H,6-10H2,1-3H3/t12-,15-/m1/s1. The van der Waals surface area contributed by atoms with Crippen molar-refractivity contribution >= 4 is 11.7 Å². The highest BCUT2D eigenvalue weighted by Gasteiger charge is 2.54. The van der Waals surface area contributed by atoms with Gasteiger partial charge >= 0.3 is 0 Å². The van der Waals surface area contributed by atoms with Crippen molar-refractivity contribution in [3.63, 3.8) is 0 Å². The lowest BCUT2D eigenvalue weighted by atomic mass is 9.75. The van der Waals surface area contributed by atoms with Gasteiger partial charge in [0.15, 0.2) is 5.82 Å². The van der Waals surface area contributed by atoms with Crippen molar-refractivity contribution in [3.8, 4) is 0 Å². The van der Waals surface area contributed by atoms with Crippen LogP contribution in [0.2, 0.25) is 0 Å². The third kappa shape index (κ3) is 2.37. The van der Waals surface area contributed by atoms with E-state index in [0.29, 0.717) is 13.2 Å². The van der Waals surface area contributed by atoms with Gasteiger partial charge in [-0.05, 0) is 31.9 Å². The molecule has 1 aromatic heterocycles. The molecule has 0 N–H and O–H groups in total. The Labute approximate surface area is 125 Å². The van der Waals surface area contributed by atoms with Gasteiger partial charge < -0.3 is 14.5 Å². The number of anilines is 1. The molecule has 0 saturated carbocycles. The number of carbonyl (C=O) groups excluding carboxylic acids is 1. The smallest absolute Gasteiger partial charge is 0.232 e. The first-order chi connectivity index (χ1) is 10.0. The first-order valence-electron chi connectivity index (χ1n) is 7.41. The molecule has 0 bridgehead atoms. The summed E-state index contributed by atoms with van der Waals surface area (Å²) in [5, 5.41) is 8.39. The van der Waals surface area contributed by atoms with Crippen molar-refractivity contribution in [2.75, 3.05) is 38.7 Å². The van der Waals surface area contributed by atoms with Crippen LogP contribution in [0.25, 0.3) is 0 Å². The molecule has 0 radical (unpaired) electrons. The Balaban J connectivity index is 1.88. The summed E-state index contributed by atoms with van der Waals surface area (Å²) >= 11 is 0. The molecule has 0 aromatic carbocycles. The Kier molecular flexibility index (Phi) is 3.57. The lowest BCUT2D eigenvalue weighted by Crippen LogP contribution is -2.57. The number of carbonyl (C=O) groups is 1. The summed E-state index contributed by atoms with van der Waals surface area (Å²) in [7, 11) is 3.63. The van der Waals surface area contributed by atoms with Crippen LogP contribution in [0.4, 0.5) is 5.82 Å². The van der Waals surface area contributed by atoms with Crippen molar-refractivity contribution in [1.29, 1.82) is 0 Å². The van der Waals surface area contributed by atoms with Crippen LogP contribution in [0.1, 0.15) is 18.5 Å². The summed E-state index contributed by atoms with van der Waals surface area (Å²) in [4.78, 5) is 16.6. The van der Waals surface area contributed by atoms with E-state index in [1.807, 2.05) is 33.2 Å². The van der Waals surface area contributed by atoms with E-state index < -0.39 is 5.41 Å². The molecule has 2 aliphatic heterocycles. The third-order valence-corrected chi connectivity index (χ3v) is 4.56. The van der Waals surface area contributed by atoms with Gasteiger partial charge in [-0.1, -0.05) is 0 Å². The number of ether oxygens (including phenoxy) is 1. The predicted octanol–water partition coefficient (Wildman–Crippen LogP) is 0.859. The fourth-order valence-electron chi connectivity index (χ4n) is 3.45. The summed E-state index contributed by atoms with van der Waals surface area (Å²) in [5.74, 6) is 1.01. The highest BCUT2D eigenvalue weighted by atomic mass is 16.5. The maximum atomic E-state index is 12.7. The molecule has 3 rings (SSSR count). The number of fused-ring (bicyclic) bond motifs is 1. The molecule has 21 heavy (non-hydrogen) atoms. The molecule has 1 aromatic rings. The minimum absolute atomic E-state index is 0.0297. The lowest BCUT2D eigenvalue weighted by Gasteiger charge is -2.43. The van der Waals surface area contributed by atoms with Crippen LogP contribution in [0.3, 0.4) is 0 Å². The van der Waals surface area contributed by atoms with Gasteiger partial charge in [-0.15, -0.1) is 5.10 Å². The number of hydrogen-bond donors (Lipinski definition) is 0. The zero-order chi connectivity index (χ0) is 15.0. The minimum Gasteiger partial charge on any atom is -0.377 e. The van der Waals surface area contributed by atoms with E-state index in [1.165, 1.54) is 0 Å². The Hall–Kier alpha value is -1.69. The second-order valence-corrected chi connectivity index (χ2v) is 6.21. The first-order valence-corrected chi connectivity index (χ1v) is 7.41. The second kappa shape index (κ2) is 5.26. The van der Waals surface area contributed by atoms with Crippen LogP contribution in [0.5, 0.6) is 0 Å². The number of aromatic nitrogens is 2. The molecule has 114 valence electrons. The molecule has 6 nitrogen and oxygen atoms in total. The summed E-state index contributed by atoms with van der Waals surface area (Å²) in [6.45, 7) is 4.10. The van der Waals surface area contributed by atoms with Gasteiger partial charge in [-0.25, -0.2) is 0 Å². The zero-order valence-electron chi connectivity index (χ0n) is 12.9. The minimum atomic E-state index is -0.436. The van der Waals surface area contributed by atoms with Crippen molar-refractivity contribution < 1.29 is 9.53 Å². The Morgan fingerprint density at radius 3 is 2.90 bits per heavy atom. The van der Waals surface area contributed by atoms with Crippen molar-refractivity contribution in [2.24, 2.45) is 5.41 Å². The lowest BCUT2D eigenvalue weighted by molar-refractivity contribution is -0.143. The van der Waals surface area contributed by atoms with Gasteiger partial charge in [0.2, 0.25) is 5.91 Å². The number of hydrogen-bond acceptors (Lipinski definition) is 5. The first kappa shape index (κ1) is 14.3. The summed E-state index contributed by atoms with van der Waals surface area (Å²) in [5.41, 5.74) is 0.464. The zero-order valence-corrected chi connectivity index (χ0v) is 12.9. The van der Waals surface area contributed by atoms with Crippen LogP contribution < -0.4 is 4.90 Å². The van der Waals surface area contributed by atoms with E-state index in [2.05, 4.69) is 15.1 Å². The topological polar surface area (TPSA) is 58.6 Å². The molecule has 2 fully saturated rings. The Morgan fingerprint density at radius 2 is 2.24 bits per heavy atom. The van der Waals surface area contributed by atoms with Crippen molar-refractivity contribution in [2.45, 2.75) is 25.9 Å². The molecule has 1 amide bonds. The predicted molar refractivity (Wildman–Crippen MR) is 79.1 cm³/mol. The van der Waals surface area contributed by atoms with E-state index in [0.717, 1.165) is 30.9 Å². The van der Waals surface area contributed by atoms with Crippen LogP contribution in [-0.2, 0) is 9.53 Å². The fourth-order valence-corrected chi connectivity index (χ4v) is 3.45. The molecular weight excluding hydrogens is 268 g/mol. The Bertz CT molecular complexity index is 531. The molecule has 0 spiro atoms. The van der Waals surface area contributed by atoms with Gasteiger partial charge in [0, 0.05) is 33.8 Å². The molecule has 2 aliphatic rings. The molecule has 0 unspecified atom stereocenters. The average Bonchev–Trinajstić information content (AvgIpc) is 2.91. The number of piperidine rings is 1. The largest absolute Gasteiger partial charge is 0.377 e. The van der Waals surface area contributed by atoms with E-state index in [4.69, 9.17) is 4.74 Å². The molecule has 0 aliphatic carbocycles. The number of amides is 1. The maximum Gasteiger partial charge on any atom is 0.232 e. The normalized spacial score (nSPS) is 28.3. The molecule has 6 heteroatoms. The van der Waals surface area contributed by atoms with Gasteiger partial charge in [0.1, 0.15) is 0 Å². The third-order valence-electron chi connectivity index (χ3n) is 4.56. The second-order valence-electron chi connectivity index (χ2n) is 6.21. The fraction of sp³-hybridized carbons (Fsp3) is 0.667. The SMILES string of the molecule is Cc1ccc(N2CC[C@H]3OCC[C@@]3(C(=O)N(C)C)C2)nn1. The van der Waals surface area contributed by atoms with Crippen LogP contribution in [0, 0.1) is 12.3 Å². The van der Waals surface area contributed by atoms with Crippen LogP contribution in [-0.4, -0.2) is 60.9 Å². The van der Waals surface area contributed by atoms with Gasteiger partial charge in [0.25, 0.3) is 0 Å². The number of nitrogens with zero attached hydrogens (tertiary/aromatic N) is 4. The number of rotatable bonds is 2. The van der Waals surface area contributed by atoms with E-state index in [9.17, 15) is 4.79 Å². The van der Waals surface area contributed by atoms with E-state index in [1.54, 1.807) is 4.90 Å². The summed E-state index contributed by atoms with van der Waals surface area (Å²) < 4.78 is 5.82. The molecule has 3 heterocycles. The average molecular weight is 290 g/mol. The summed E-state index contributed by atoms with van der Waals surface area (Å²) in [6.07, 6.45) is 1.67. The Morgan fingerprint density at radius 1 is 1.43 bits per heavy atom. The molecule has 2 saturated heterocycles. The number of aryl methyl sites for hydroxylation is 1. The van der Waals surface area contributed by atoms with E-state index >= 15 is 0 Å². The molecule has 2 atom stereocenters. The van der Waals surface area contributed by atoms with Crippen LogP contribution >= 0.6 is 0 Å². The monoisotopic (exact) mass is 290 g/mol. The molecular formula is C15H22N4O2. The summed E-state index contributed by atoms with van der Waals surface area (Å²) in [6, 6.07) is 3.94. The quantitative estimate of drug-likeness (QED) is 0.808. The van der Waals surface area contributed by atoms with Crippen molar-refractivity contribution in [3.05, 3.63) is 17.8 Å². The van der Waals surface area contributed by atoms with Gasteiger partial charge in [-0.3, -0.25) is 4.79 Å². The van der Waals surface area contributed by atoms with Gasteiger partial charge in [0.05, 0.1) is 17.2 Å². The highest BCUT2D eigenvalue weighted by Crippen LogP contribution is 2.42. The van der Waals surface area contributed by atoms with Gasteiger partial charge in [-0.2, -0.15) is 5.10 Å². The van der Waals surface area contributed by atoms with Crippen molar-refractivity contribution in [1.82, 2.24) is 15.1 Å².